The Morgan fingerprint density at radius 3 is 2.33 bits per heavy atom. The fourth-order valence-corrected chi connectivity index (χ4v) is 3.50. The summed E-state index contributed by atoms with van der Waals surface area (Å²) in [6, 6.07) is 3.59. The van der Waals surface area contributed by atoms with E-state index in [9.17, 15) is 4.79 Å². The SMILES string of the molecule is CCn1nc(C)c(C(=O)c2ccc(Cl)c(C(C)=C(C)C)c2C)c1OC(C)C. The number of allylic oxidation sites excluding steroid dienone is 2. The Labute approximate surface area is 167 Å². The molecule has 1 heterocycles. The van der Waals surface area contributed by atoms with Crippen molar-refractivity contribution in [1.29, 1.82) is 0 Å². The Morgan fingerprint density at radius 1 is 1.19 bits per heavy atom. The first-order valence-corrected chi connectivity index (χ1v) is 9.70. The van der Waals surface area contributed by atoms with Crippen molar-refractivity contribution in [1.82, 2.24) is 9.78 Å². The highest BCUT2D eigenvalue weighted by molar-refractivity contribution is 6.32. The van der Waals surface area contributed by atoms with E-state index in [1.165, 1.54) is 5.57 Å². The summed E-state index contributed by atoms with van der Waals surface area (Å²) < 4.78 is 7.70. The molecule has 5 heteroatoms. The lowest BCUT2D eigenvalue weighted by Gasteiger charge is -2.16. The van der Waals surface area contributed by atoms with E-state index in [1.807, 2.05) is 55.4 Å². The lowest BCUT2D eigenvalue weighted by Crippen LogP contribution is -2.14. The summed E-state index contributed by atoms with van der Waals surface area (Å²) in [7, 11) is 0. The molecule has 0 N–H and O–H groups in total. The first-order chi connectivity index (χ1) is 12.6. The van der Waals surface area contributed by atoms with Gasteiger partial charge in [0.05, 0.1) is 11.8 Å². The van der Waals surface area contributed by atoms with Gasteiger partial charge in [0.25, 0.3) is 0 Å². The first-order valence-electron chi connectivity index (χ1n) is 9.32. The van der Waals surface area contributed by atoms with Crippen LogP contribution in [0.3, 0.4) is 0 Å². The molecule has 27 heavy (non-hydrogen) atoms. The summed E-state index contributed by atoms with van der Waals surface area (Å²) in [4.78, 5) is 13.5. The second kappa shape index (κ2) is 8.30. The first kappa shape index (κ1) is 21.2. The van der Waals surface area contributed by atoms with Crippen LogP contribution in [0.1, 0.15) is 74.3 Å². The second-order valence-corrected chi connectivity index (χ2v) is 7.70. The number of carbonyl (C=O) groups excluding carboxylic acids is 1. The number of nitrogens with zero attached hydrogens (tertiary/aromatic N) is 2. The Hall–Kier alpha value is -2.07. The standard InChI is InChI=1S/C22H29ClN2O2/c1-9-25-22(27-13(4)5)20(16(8)24-25)21(26)17-10-11-18(23)19(15(17)7)14(6)12(2)3/h10-11,13H,9H2,1-8H3. The van der Waals surface area contributed by atoms with Crippen LogP contribution in [-0.4, -0.2) is 21.7 Å². The number of halogens is 1. The molecule has 0 atom stereocenters. The van der Waals surface area contributed by atoms with Crippen molar-refractivity contribution in [2.24, 2.45) is 0 Å². The van der Waals surface area contributed by atoms with Gasteiger partial charge in [0.2, 0.25) is 11.7 Å². The third-order valence-electron chi connectivity index (χ3n) is 4.74. The molecule has 0 radical (unpaired) electrons. The molecule has 0 fully saturated rings. The number of ether oxygens (including phenoxy) is 1. The van der Waals surface area contributed by atoms with Crippen molar-refractivity contribution in [2.75, 3.05) is 0 Å². The highest BCUT2D eigenvalue weighted by Gasteiger charge is 2.26. The van der Waals surface area contributed by atoms with Gasteiger partial charge >= 0.3 is 0 Å². The molecule has 0 aliphatic heterocycles. The van der Waals surface area contributed by atoms with Gasteiger partial charge in [-0.2, -0.15) is 5.10 Å². The number of carbonyl (C=O) groups is 1. The Kier molecular flexibility index (Phi) is 6.53. The molecule has 4 nitrogen and oxygen atoms in total. The molecule has 1 aromatic heterocycles. The fraction of sp³-hybridized carbons (Fsp3) is 0.455. The summed E-state index contributed by atoms with van der Waals surface area (Å²) >= 11 is 6.46. The number of benzene rings is 1. The maximum atomic E-state index is 13.5. The number of aryl methyl sites for hydroxylation is 2. The van der Waals surface area contributed by atoms with Crippen LogP contribution in [0.15, 0.2) is 17.7 Å². The second-order valence-electron chi connectivity index (χ2n) is 7.30. The molecular formula is C22H29ClN2O2. The molecular weight excluding hydrogens is 360 g/mol. The maximum Gasteiger partial charge on any atom is 0.223 e. The van der Waals surface area contributed by atoms with E-state index in [0.29, 0.717) is 34.3 Å². The van der Waals surface area contributed by atoms with Crippen LogP contribution in [0.2, 0.25) is 5.02 Å². The van der Waals surface area contributed by atoms with Gasteiger partial charge in [-0.25, -0.2) is 4.68 Å². The van der Waals surface area contributed by atoms with Crippen LogP contribution in [0, 0.1) is 13.8 Å². The lowest BCUT2D eigenvalue weighted by atomic mass is 9.91. The average molecular weight is 389 g/mol. The number of hydrogen-bond donors (Lipinski definition) is 0. The molecule has 0 aliphatic carbocycles. The molecule has 1 aromatic carbocycles. The maximum absolute atomic E-state index is 13.5. The van der Waals surface area contributed by atoms with E-state index < -0.39 is 0 Å². The van der Waals surface area contributed by atoms with Crippen molar-refractivity contribution in [3.05, 3.63) is 50.7 Å². The van der Waals surface area contributed by atoms with E-state index in [-0.39, 0.29) is 11.9 Å². The number of hydrogen-bond acceptors (Lipinski definition) is 3. The van der Waals surface area contributed by atoms with Gasteiger partial charge in [0, 0.05) is 17.1 Å². The lowest BCUT2D eigenvalue weighted by molar-refractivity contribution is 0.103. The topological polar surface area (TPSA) is 44.1 Å². The summed E-state index contributed by atoms with van der Waals surface area (Å²) in [5, 5.41) is 5.15. The minimum Gasteiger partial charge on any atom is -0.475 e. The van der Waals surface area contributed by atoms with Gasteiger partial charge in [0.15, 0.2) is 0 Å². The van der Waals surface area contributed by atoms with E-state index in [0.717, 1.165) is 16.7 Å². The Balaban J connectivity index is 2.69. The highest BCUT2D eigenvalue weighted by Crippen LogP contribution is 2.34. The van der Waals surface area contributed by atoms with Crippen LogP contribution in [0.4, 0.5) is 0 Å². The van der Waals surface area contributed by atoms with Gasteiger partial charge in [-0.3, -0.25) is 4.79 Å². The molecule has 0 amide bonds. The normalized spacial score (nSPS) is 11.0. The van der Waals surface area contributed by atoms with Gasteiger partial charge < -0.3 is 4.74 Å². The van der Waals surface area contributed by atoms with Crippen LogP contribution < -0.4 is 4.74 Å². The molecule has 0 unspecified atom stereocenters. The molecule has 146 valence electrons. The average Bonchev–Trinajstić information content (AvgIpc) is 2.88. The minimum absolute atomic E-state index is 0.0484. The summed E-state index contributed by atoms with van der Waals surface area (Å²) in [5.41, 5.74) is 5.89. The van der Waals surface area contributed by atoms with Crippen molar-refractivity contribution >= 4 is 23.0 Å². The van der Waals surface area contributed by atoms with Gasteiger partial charge in [0.1, 0.15) is 5.56 Å². The van der Waals surface area contributed by atoms with Crippen LogP contribution >= 0.6 is 11.6 Å². The summed E-state index contributed by atoms with van der Waals surface area (Å²) in [6.07, 6.45) is -0.0484. The Morgan fingerprint density at radius 2 is 1.81 bits per heavy atom. The number of aromatic nitrogens is 2. The van der Waals surface area contributed by atoms with E-state index in [2.05, 4.69) is 5.10 Å². The molecule has 0 spiro atoms. The minimum atomic E-state index is -0.0835. The highest BCUT2D eigenvalue weighted by atomic mass is 35.5. The number of ketones is 1. The third-order valence-corrected chi connectivity index (χ3v) is 5.05. The fourth-order valence-electron chi connectivity index (χ4n) is 3.15. The van der Waals surface area contributed by atoms with Crippen molar-refractivity contribution < 1.29 is 9.53 Å². The van der Waals surface area contributed by atoms with Crippen LogP contribution in [0.5, 0.6) is 5.88 Å². The summed E-state index contributed by atoms with van der Waals surface area (Å²) in [6.45, 7) is 16.4. The van der Waals surface area contributed by atoms with E-state index in [4.69, 9.17) is 16.3 Å². The van der Waals surface area contributed by atoms with E-state index in [1.54, 1.807) is 16.8 Å². The number of rotatable bonds is 6. The van der Waals surface area contributed by atoms with Crippen LogP contribution in [0.25, 0.3) is 5.57 Å². The van der Waals surface area contributed by atoms with Crippen LogP contribution in [-0.2, 0) is 6.54 Å². The van der Waals surface area contributed by atoms with Gasteiger partial charge in [-0.05, 0) is 84.2 Å². The van der Waals surface area contributed by atoms with Gasteiger partial charge in [-0.1, -0.05) is 17.2 Å². The predicted octanol–water partition coefficient (Wildman–Crippen LogP) is 6.00. The van der Waals surface area contributed by atoms with Crippen molar-refractivity contribution in [2.45, 2.75) is 68.0 Å². The zero-order valence-corrected chi connectivity index (χ0v) is 18.3. The molecule has 2 aromatic rings. The Bertz CT molecular complexity index is 904. The molecule has 0 aliphatic rings. The quantitative estimate of drug-likeness (QED) is 0.569. The zero-order valence-electron chi connectivity index (χ0n) is 17.5. The zero-order chi connectivity index (χ0) is 20.5. The molecule has 2 rings (SSSR count). The van der Waals surface area contributed by atoms with Gasteiger partial charge in [-0.15, -0.1) is 0 Å². The predicted molar refractivity (Wildman–Crippen MR) is 112 cm³/mol. The van der Waals surface area contributed by atoms with Crippen molar-refractivity contribution in [3.63, 3.8) is 0 Å². The van der Waals surface area contributed by atoms with E-state index >= 15 is 0 Å². The van der Waals surface area contributed by atoms with Crippen molar-refractivity contribution in [3.8, 4) is 5.88 Å². The smallest absolute Gasteiger partial charge is 0.223 e. The molecule has 0 bridgehead atoms. The third kappa shape index (κ3) is 4.11. The molecule has 0 saturated heterocycles. The summed E-state index contributed by atoms with van der Waals surface area (Å²) in [5.74, 6) is 0.449. The molecule has 0 saturated carbocycles. The monoisotopic (exact) mass is 388 g/mol. The largest absolute Gasteiger partial charge is 0.475 e.